The number of carbonyl (C=O) groups is 4. The van der Waals surface area contributed by atoms with Crippen molar-refractivity contribution in [3.63, 3.8) is 0 Å². The summed E-state index contributed by atoms with van der Waals surface area (Å²) in [5.41, 5.74) is 4.62. The molecule has 9 aromatic rings. The summed E-state index contributed by atoms with van der Waals surface area (Å²) in [6, 6.07) is 77.9. The van der Waals surface area contributed by atoms with Gasteiger partial charge in [-0.2, -0.15) is 0 Å². The highest BCUT2D eigenvalue weighted by Crippen LogP contribution is 2.46. The maximum Gasteiger partial charge on any atom is 0.338 e. The second kappa shape index (κ2) is 32.7. The third-order valence-corrected chi connectivity index (χ3v) is 19.6. The van der Waals surface area contributed by atoms with Crippen molar-refractivity contribution in [3.8, 4) is 0 Å². The van der Waals surface area contributed by atoms with Crippen molar-refractivity contribution < 1.29 is 80.8 Å². The second-order valence-electron chi connectivity index (χ2n) is 25.4. The van der Waals surface area contributed by atoms with Crippen LogP contribution in [0, 0.1) is 6.92 Å². The number of aryl methyl sites for hydroxylation is 1. The number of imide groups is 1. The molecule has 5 aliphatic heterocycles. The quantitative estimate of drug-likeness (QED) is 0.0387. The zero-order valence-electron chi connectivity index (χ0n) is 55.6. The Balaban J connectivity index is 0.937. The predicted octanol–water partition coefficient (Wildman–Crippen LogP) is 13.3. The summed E-state index contributed by atoms with van der Waals surface area (Å²) in [6.45, 7) is 3.97. The standard InChI is InChI=1S/C82H77NO17S/c1-52-42-44-61(45-43-52)101-82-66(83-75(84)62-40-24-25-41-63(62)76(83)85)70(100-80-73(91-49-57-32-16-6-17-33-57)71(90-48-56-30-14-5-15-31-56)67(53(2)93-80)89-47-55-28-12-4-13-29-55)68(64(95-82)50-88-46-54-26-10-3-11-27-54)99-81-74(97-78(87)59-36-20-8-21-37-59)72(96-77(86)58-34-18-7-19-35-58)69-65(94-81)51-92-79(98-69)60-38-22-9-23-39-60/h3-45,53,64-74,79-82H,46-51H2,1-2H3/t53-,64+,65+,66+,67+,68+,69-,70+,71+,72-,73-,74+,79-,80-,81-,82-/m0/s1. The van der Waals surface area contributed by atoms with E-state index in [0.29, 0.717) is 5.56 Å². The second-order valence-corrected chi connectivity index (χ2v) is 26.5. The first-order valence-corrected chi connectivity index (χ1v) is 34.8. The highest BCUT2D eigenvalue weighted by molar-refractivity contribution is 7.99. The van der Waals surface area contributed by atoms with E-state index in [9.17, 15) is 4.79 Å². The van der Waals surface area contributed by atoms with E-state index >= 15 is 14.4 Å². The lowest BCUT2D eigenvalue weighted by molar-refractivity contribution is -0.385. The zero-order chi connectivity index (χ0) is 69.0. The molecule has 5 heterocycles. The monoisotopic (exact) mass is 1380 g/mol. The van der Waals surface area contributed by atoms with E-state index in [2.05, 4.69) is 0 Å². The summed E-state index contributed by atoms with van der Waals surface area (Å²) in [5.74, 6) is -2.84. The molecule has 0 bridgehead atoms. The molecule has 0 aromatic heterocycles. The lowest BCUT2D eigenvalue weighted by Gasteiger charge is -2.53. The first kappa shape index (κ1) is 69.1. The molecule has 4 saturated heterocycles. The smallest absolute Gasteiger partial charge is 0.338 e. The average Bonchev–Trinajstić information content (AvgIpc) is 1.68. The van der Waals surface area contributed by atoms with Gasteiger partial charge in [0, 0.05) is 10.5 Å². The van der Waals surface area contributed by atoms with Crippen LogP contribution in [-0.4, -0.2) is 133 Å². The molecular weight excluding hydrogens is 1300 g/mol. The summed E-state index contributed by atoms with van der Waals surface area (Å²) < 4.78 is 92.1. The molecule has 0 aliphatic carbocycles. The van der Waals surface area contributed by atoms with Gasteiger partial charge in [0.2, 0.25) is 0 Å². The van der Waals surface area contributed by atoms with Gasteiger partial charge in [-0.05, 0) is 84.6 Å². The van der Waals surface area contributed by atoms with Crippen molar-refractivity contribution in [2.75, 3.05) is 13.2 Å². The average molecular weight is 1380 g/mol. The summed E-state index contributed by atoms with van der Waals surface area (Å²) in [5, 5.41) is 0. The Morgan fingerprint density at radius 1 is 0.455 bits per heavy atom. The van der Waals surface area contributed by atoms with E-state index in [-0.39, 0.29) is 61.9 Å². The Morgan fingerprint density at radius 3 is 1.46 bits per heavy atom. The molecule has 101 heavy (non-hydrogen) atoms. The first-order valence-electron chi connectivity index (χ1n) is 34.0. The Bertz CT molecular complexity index is 4140. The third-order valence-electron chi connectivity index (χ3n) is 18.4. The van der Waals surface area contributed by atoms with E-state index in [1.54, 1.807) is 84.9 Å². The Morgan fingerprint density at radius 2 is 0.911 bits per heavy atom. The molecule has 518 valence electrons. The highest BCUT2D eigenvalue weighted by atomic mass is 32.2. The lowest BCUT2D eigenvalue weighted by Crippen LogP contribution is -2.70. The van der Waals surface area contributed by atoms with Crippen LogP contribution in [0.15, 0.2) is 266 Å². The van der Waals surface area contributed by atoms with Gasteiger partial charge in [0.1, 0.15) is 60.3 Å². The van der Waals surface area contributed by atoms with E-state index in [4.69, 9.17) is 61.6 Å². The topological polar surface area (TPSA) is 192 Å². The van der Waals surface area contributed by atoms with Crippen molar-refractivity contribution in [2.45, 2.75) is 143 Å². The van der Waals surface area contributed by atoms with Crippen molar-refractivity contribution in [1.29, 1.82) is 0 Å². The van der Waals surface area contributed by atoms with Gasteiger partial charge in [-0.25, -0.2) is 9.59 Å². The molecule has 0 unspecified atom stereocenters. The maximum absolute atomic E-state index is 15.7. The molecule has 5 aliphatic rings. The van der Waals surface area contributed by atoms with Gasteiger partial charge in [-0.3, -0.25) is 14.5 Å². The van der Waals surface area contributed by atoms with Crippen LogP contribution < -0.4 is 0 Å². The van der Waals surface area contributed by atoms with Crippen molar-refractivity contribution >= 4 is 35.5 Å². The fourth-order valence-corrected chi connectivity index (χ4v) is 14.5. The van der Waals surface area contributed by atoms with E-state index in [1.165, 1.54) is 16.7 Å². The number of rotatable bonds is 25. The molecule has 18 nitrogen and oxygen atoms in total. The minimum absolute atomic E-state index is 0.0440. The SMILES string of the molecule is Cc1ccc(S[C@@H]2O[C@H](COCc3ccccc3)[C@@H](O[C@@H]3O[C@@H]4CO[C@H](c5ccccc5)O[C@@H]4[C@H](OC(=O)c4ccccc4)[C@H]3OC(=O)c3ccccc3)[C@H](O[C@@H]3O[C@@H](C)[C@@H](OCc4ccccc4)[C@@H](OCc4ccccc4)[C@@H]3OCc3ccccc3)[C@H]2N2C(=O)c3ccccc3C2=O)cc1. The molecule has 14 rings (SSSR count). The molecule has 0 N–H and O–H groups in total. The summed E-state index contributed by atoms with van der Waals surface area (Å²) in [6.07, 6.45) is -17.5. The van der Waals surface area contributed by atoms with Crippen molar-refractivity contribution in [2.24, 2.45) is 0 Å². The summed E-state index contributed by atoms with van der Waals surface area (Å²) >= 11 is 1.28. The fourth-order valence-electron chi connectivity index (χ4n) is 13.3. The molecule has 19 heteroatoms. The van der Waals surface area contributed by atoms with Crippen LogP contribution in [0.25, 0.3) is 0 Å². The lowest BCUT2D eigenvalue weighted by atomic mass is 9.93. The normalized spacial score (nSPS) is 27.0. The Kier molecular flexibility index (Phi) is 22.4. The fraction of sp³-hybridized carbons (Fsp3) is 0.293. The molecule has 4 fully saturated rings. The molecule has 16 atom stereocenters. The number of nitrogens with zero attached hydrogens (tertiary/aromatic N) is 1. The maximum atomic E-state index is 15.7. The van der Waals surface area contributed by atoms with Crippen molar-refractivity contribution in [1.82, 2.24) is 4.90 Å². The molecule has 0 radical (unpaired) electrons. The Hall–Kier alpha value is -9.03. The van der Waals surface area contributed by atoms with Crippen LogP contribution in [0.2, 0.25) is 0 Å². The van der Waals surface area contributed by atoms with Gasteiger partial charge < -0.3 is 61.6 Å². The van der Waals surface area contributed by atoms with Gasteiger partial charge in [0.15, 0.2) is 31.1 Å². The summed E-state index contributed by atoms with van der Waals surface area (Å²) in [7, 11) is 0. The van der Waals surface area contributed by atoms with Crippen LogP contribution in [-0.2, 0) is 88.0 Å². The number of hydrogen-bond donors (Lipinski definition) is 0. The number of hydrogen-bond acceptors (Lipinski definition) is 18. The highest BCUT2D eigenvalue weighted by Gasteiger charge is 2.61. The number of benzene rings is 9. The summed E-state index contributed by atoms with van der Waals surface area (Å²) in [4.78, 5) is 63.2. The van der Waals surface area contributed by atoms with E-state index < -0.39 is 121 Å². The van der Waals surface area contributed by atoms with Gasteiger partial charge in [-0.1, -0.05) is 230 Å². The van der Waals surface area contributed by atoms with Gasteiger partial charge in [0.25, 0.3) is 11.8 Å². The zero-order valence-corrected chi connectivity index (χ0v) is 56.4. The van der Waals surface area contributed by atoms with Gasteiger partial charge in [-0.15, -0.1) is 0 Å². The number of esters is 2. The largest absolute Gasteiger partial charge is 0.452 e. The van der Waals surface area contributed by atoms with E-state index in [0.717, 1.165) is 32.7 Å². The van der Waals surface area contributed by atoms with Crippen LogP contribution >= 0.6 is 11.8 Å². The number of ether oxygens (including phenoxy) is 13. The number of thioether (sulfide) groups is 1. The predicted molar refractivity (Wildman–Crippen MR) is 372 cm³/mol. The molecule has 0 spiro atoms. The molecule has 2 amide bonds. The number of fused-ring (bicyclic) bond motifs is 2. The van der Waals surface area contributed by atoms with Gasteiger partial charge in [0.05, 0.1) is 68.0 Å². The minimum Gasteiger partial charge on any atom is -0.452 e. The van der Waals surface area contributed by atoms with Crippen molar-refractivity contribution in [3.05, 3.63) is 316 Å². The minimum atomic E-state index is -1.73. The molecule has 0 saturated carbocycles. The molecule has 9 aromatic carbocycles. The van der Waals surface area contributed by atoms with Crippen LogP contribution in [0.5, 0.6) is 0 Å². The van der Waals surface area contributed by atoms with Crippen LogP contribution in [0.1, 0.15) is 88.0 Å². The third kappa shape index (κ3) is 16.3. The van der Waals surface area contributed by atoms with Gasteiger partial charge >= 0.3 is 11.9 Å². The van der Waals surface area contributed by atoms with Crippen LogP contribution in [0.4, 0.5) is 0 Å². The van der Waals surface area contributed by atoms with Crippen LogP contribution in [0.3, 0.4) is 0 Å². The number of carbonyl (C=O) groups excluding carboxylic acids is 4. The first-order chi connectivity index (χ1) is 49.6. The van der Waals surface area contributed by atoms with E-state index in [1.807, 2.05) is 190 Å². The Labute approximate surface area is 590 Å². The number of amides is 2. The molecular formula is C82H77NO17S.